The maximum atomic E-state index is 13.0. The van der Waals surface area contributed by atoms with Crippen molar-refractivity contribution in [2.75, 3.05) is 39.6 Å². The second kappa shape index (κ2) is 60.5. The van der Waals surface area contributed by atoms with Gasteiger partial charge in [0.05, 0.1) is 26.4 Å². The average molecular weight is 1310 g/mol. The highest BCUT2D eigenvalue weighted by atomic mass is 31.2. The summed E-state index contributed by atoms with van der Waals surface area (Å²) in [5.74, 6) is 0.0472. The van der Waals surface area contributed by atoms with Gasteiger partial charge in [-0.2, -0.15) is 0 Å². The van der Waals surface area contributed by atoms with Crippen LogP contribution in [0.5, 0.6) is 0 Å². The third-order valence-corrected chi connectivity index (χ3v) is 17.8. The van der Waals surface area contributed by atoms with Gasteiger partial charge in [-0.3, -0.25) is 37.3 Å². The number of rotatable bonds is 66. The van der Waals surface area contributed by atoms with Crippen molar-refractivity contribution in [2.45, 2.75) is 343 Å². The molecular formula is C70H132O17P2. The molecule has 3 N–H and O–H groups in total. The smallest absolute Gasteiger partial charge is 0.462 e. The number of ether oxygens (including phenoxy) is 4. The Bertz CT molecular complexity index is 1840. The van der Waals surface area contributed by atoms with E-state index in [2.05, 4.69) is 72.8 Å². The molecule has 0 aromatic carbocycles. The first-order valence-corrected chi connectivity index (χ1v) is 38.7. The second-order valence-electron chi connectivity index (χ2n) is 25.8. The topological polar surface area (TPSA) is 237 Å². The van der Waals surface area contributed by atoms with Crippen LogP contribution in [0.2, 0.25) is 0 Å². The summed E-state index contributed by atoms with van der Waals surface area (Å²) in [6.45, 7) is 11.7. The SMILES string of the molecule is CCCCCC/C=C\C=C/CCCCCCCC(=O)OC[C@H](COP(=O)(O)OCC(O)COP(=O)(O)OC[C@@H](COC(=O)CCCCCCCCCCC(C)C)OC(=O)CCCCCCCCCCC(C)C)OC(=O)CCCCCCCCCCC(C)CC. The van der Waals surface area contributed by atoms with Gasteiger partial charge in [-0.25, -0.2) is 9.13 Å². The molecule has 0 saturated carbocycles. The van der Waals surface area contributed by atoms with E-state index in [0.29, 0.717) is 31.6 Å². The number of unbranched alkanes of at least 4 members (excludes halogenated alkanes) is 30. The average Bonchev–Trinajstić information content (AvgIpc) is 3.67. The molecule has 0 amide bonds. The van der Waals surface area contributed by atoms with Crippen LogP contribution < -0.4 is 0 Å². The monoisotopic (exact) mass is 1310 g/mol. The van der Waals surface area contributed by atoms with Gasteiger partial charge in [0.25, 0.3) is 0 Å². The van der Waals surface area contributed by atoms with Crippen molar-refractivity contribution in [3.05, 3.63) is 24.3 Å². The molecular weight excluding hydrogens is 1170 g/mol. The lowest BCUT2D eigenvalue weighted by Crippen LogP contribution is -2.30. The van der Waals surface area contributed by atoms with E-state index in [4.69, 9.17) is 37.0 Å². The fraction of sp³-hybridized carbons (Fsp3) is 0.886. The molecule has 0 bridgehead atoms. The molecule has 6 atom stereocenters. The summed E-state index contributed by atoms with van der Waals surface area (Å²) in [5.41, 5.74) is 0. The Morgan fingerprint density at radius 1 is 0.371 bits per heavy atom. The van der Waals surface area contributed by atoms with Crippen LogP contribution in [0.1, 0.15) is 325 Å². The summed E-state index contributed by atoms with van der Waals surface area (Å²) in [6, 6.07) is 0. The minimum atomic E-state index is -4.96. The molecule has 0 aliphatic heterocycles. The lowest BCUT2D eigenvalue weighted by molar-refractivity contribution is -0.161. The molecule has 0 aromatic heterocycles. The van der Waals surface area contributed by atoms with E-state index in [9.17, 15) is 43.2 Å². The fourth-order valence-corrected chi connectivity index (χ4v) is 11.5. The highest BCUT2D eigenvalue weighted by Gasteiger charge is 2.30. The third-order valence-electron chi connectivity index (χ3n) is 15.9. The molecule has 0 aliphatic carbocycles. The summed E-state index contributed by atoms with van der Waals surface area (Å²) >= 11 is 0. The van der Waals surface area contributed by atoms with Crippen LogP contribution in [-0.2, 0) is 65.4 Å². The predicted octanol–water partition coefficient (Wildman–Crippen LogP) is 19.4. The third kappa shape index (κ3) is 62.7. The largest absolute Gasteiger partial charge is 0.472 e. The van der Waals surface area contributed by atoms with Gasteiger partial charge in [0.2, 0.25) is 0 Å². The molecule has 524 valence electrons. The highest BCUT2D eigenvalue weighted by molar-refractivity contribution is 7.47. The summed E-state index contributed by atoms with van der Waals surface area (Å²) < 4.78 is 68.2. The number of phosphoric acid groups is 2. The quantitative estimate of drug-likeness (QED) is 0.0169. The van der Waals surface area contributed by atoms with Crippen molar-refractivity contribution in [2.24, 2.45) is 17.8 Å². The van der Waals surface area contributed by atoms with Crippen molar-refractivity contribution in [3.63, 3.8) is 0 Å². The van der Waals surface area contributed by atoms with Crippen molar-refractivity contribution in [3.8, 4) is 0 Å². The fourth-order valence-electron chi connectivity index (χ4n) is 9.97. The lowest BCUT2D eigenvalue weighted by atomic mass is 9.99. The van der Waals surface area contributed by atoms with Gasteiger partial charge in [0.1, 0.15) is 19.3 Å². The van der Waals surface area contributed by atoms with E-state index in [1.165, 1.54) is 116 Å². The Balaban J connectivity index is 5.29. The van der Waals surface area contributed by atoms with Crippen molar-refractivity contribution >= 4 is 39.5 Å². The van der Waals surface area contributed by atoms with Crippen LogP contribution in [0.4, 0.5) is 0 Å². The number of carbonyl (C=O) groups excluding carboxylic acids is 4. The number of hydrogen-bond donors (Lipinski definition) is 3. The minimum absolute atomic E-state index is 0.0976. The molecule has 0 saturated heterocycles. The maximum Gasteiger partial charge on any atom is 0.472 e. The van der Waals surface area contributed by atoms with E-state index in [-0.39, 0.29) is 25.7 Å². The van der Waals surface area contributed by atoms with Crippen molar-refractivity contribution in [1.29, 1.82) is 0 Å². The molecule has 0 heterocycles. The van der Waals surface area contributed by atoms with Gasteiger partial charge in [0, 0.05) is 25.7 Å². The summed E-state index contributed by atoms with van der Waals surface area (Å²) in [4.78, 5) is 72.5. The Labute approximate surface area is 542 Å². The van der Waals surface area contributed by atoms with Crippen LogP contribution in [0.15, 0.2) is 24.3 Å². The van der Waals surface area contributed by atoms with Gasteiger partial charge < -0.3 is 33.8 Å². The van der Waals surface area contributed by atoms with Crippen LogP contribution in [0.3, 0.4) is 0 Å². The molecule has 0 aromatic rings. The molecule has 0 rings (SSSR count). The van der Waals surface area contributed by atoms with Gasteiger partial charge in [-0.05, 0) is 69.1 Å². The standard InChI is InChI=1S/C70H132O17P2/c1-8-10-11-12-13-14-15-16-17-18-19-20-30-37-44-51-67(72)80-57-65(87-70(75)54-47-40-33-26-23-29-36-43-50-63(7)9-2)59-84-88(76,77)82-55-64(71)56-83-89(78,79)85-60-66(86-69(74)53-46-39-32-25-22-28-35-42-49-62(5)6)58-81-68(73)52-45-38-31-24-21-27-34-41-48-61(3)4/h14-17,61-66,71H,8-13,18-60H2,1-7H3,(H,76,77)(H,78,79)/b15-14-,17-16-/t63?,64?,65-,66-/m1/s1. The zero-order chi connectivity index (χ0) is 65.9. The number of hydrogen-bond acceptors (Lipinski definition) is 15. The van der Waals surface area contributed by atoms with E-state index in [0.717, 1.165) is 121 Å². The number of aliphatic hydroxyl groups is 1. The Morgan fingerprint density at radius 3 is 1.00 bits per heavy atom. The van der Waals surface area contributed by atoms with Gasteiger partial charge >= 0.3 is 39.5 Å². The van der Waals surface area contributed by atoms with Crippen molar-refractivity contribution < 1.29 is 80.2 Å². The lowest BCUT2D eigenvalue weighted by Gasteiger charge is -2.21. The van der Waals surface area contributed by atoms with Crippen LogP contribution in [0.25, 0.3) is 0 Å². The summed E-state index contributed by atoms with van der Waals surface area (Å²) in [5, 5.41) is 10.6. The number of allylic oxidation sites excluding steroid dienone is 4. The molecule has 17 nitrogen and oxygen atoms in total. The Kier molecular flexibility index (Phi) is 58.8. The molecule has 0 radical (unpaired) electrons. The van der Waals surface area contributed by atoms with Crippen molar-refractivity contribution in [1.82, 2.24) is 0 Å². The first-order chi connectivity index (χ1) is 42.8. The Hall–Kier alpha value is -2.46. The van der Waals surface area contributed by atoms with E-state index < -0.39 is 97.5 Å². The molecule has 0 fully saturated rings. The summed E-state index contributed by atoms with van der Waals surface area (Å²) in [7, 11) is -9.91. The van der Waals surface area contributed by atoms with Gasteiger partial charge in [0.15, 0.2) is 12.2 Å². The first kappa shape index (κ1) is 86.5. The zero-order valence-electron chi connectivity index (χ0n) is 57.4. The number of phosphoric ester groups is 2. The maximum absolute atomic E-state index is 13.0. The molecule has 0 aliphatic rings. The normalized spacial score (nSPS) is 14.7. The summed E-state index contributed by atoms with van der Waals surface area (Å²) in [6.07, 6.45) is 46.7. The Morgan fingerprint density at radius 2 is 0.663 bits per heavy atom. The molecule has 4 unspecified atom stereocenters. The minimum Gasteiger partial charge on any atom is -0.462 e. The molecule has 0 spiro atoms. The molecule has 89 heavy (non-hydrogen) atoms. The van der Waals surface area contributed by atoms with Crippen LogP contribution in [-0.4, -0.2) is 96.7 Å². The second-order valence-corrected chi connectivity index (χ2v) is 28.7. The van der Waals surface area contributed by atoms with Gasteiger partial charge in [-0.1, -0.05) is 272 Å². The first-order valence-electron chi connectivity index (χ1n) is 35.7. The van der Waals surface area contributed by atoms with Crippen LogP contribution >= 0.6 is 15.6 Å². The predicted molar refractivity (Wildman–Crippen MR) is 358 cm³/mol. The van der Waals surface area contributed by atoms with E-state index in [1.807, 2.05) is 0 Å². The van der Waals surface area contributed by atoms with Gasteiger partial charge in [-0.15, -0.1) is 0 Å². The highest BCUT2D eigenvalue weighted by Crippen LogP contribution is 2.45. The number of aliphatic hydroxyl groups excluding tert-OH is 1. The number of carbonyl (C=O) groups is 4. The van der Waals surface area contributed by atoms with E-state index >= 15 is 0 Å². The number of esters is 4. The zero-order valence-corrected chi connectivity index (χ0v) is 59.2. The van der Waals surface area contributed by atoms with E-state index in [1.54, 1.807) is 0 Å². The van der Waals surface area contributed by atoms with Crippen LogP contribution in [0, 0.1) is 17.8 Å². The molecule has 19 heteroatoms.